The number of carbonyl (C=O) groups is 3. The fourth-order valence-corrected chi connectivity index (χ4v) is 3.40. The van der Waals surface area contributed by atoms with Crippen LogP contribution in [-0.4, -0.2) is 79.2 Å². The Morgan fingerprint density at radius 1 is 1.41 bits per heavy atom. The van der Waals surface area contributed by atoms with Gasteiger partial charge < -0.3 is 15.1 Å². The first-order valence-electron chi connectivity index (χ1n) is 4.61. The zero-order valence-electron chi connectivity index (χ0n) is 8.07. The van der Waals surface area contributed by atoms with E-state index in [1.165, 1.54) is 22.7 Å². The van der Waals surface area contributed by atoms with E-state index < -0.39 is 23.2 Å². The molecule has 17 heavy (non-hydrogen) atoms. The van der Waals surface area contributed by atoms with Gasteiger partial charge in [0.15, 0.2) is 0 Å². The van der Waals surface area contributed by atoms with Crippen LogP contribution in [0.25, 0.3) is 0 Å². The Morgan fingerprint density at radius 3 is 2.53 bits per heavy atom. The molecule has 2 saturated heterocycles. The summed E-state index contributed by atoms with van der Waals surface area (Å²) in [7, 11) is 0. The zero-order valence-corrected chi connectivity index (χ0v) is 8.88. The number of amides is 1. The van der Waals surface area contributed by atoms with Gasteiger partial charge in [-0.15, -0.1) is 11.8 Å². The summed E-state index contributed by atoms with van der Waals surface area (Å²) >= 11 is 1.32. The van der Waals surface area contributed by atoms with Gasteiger partial charge in [0.05, 0.1) is 17.0 Å². The van der Waals surface area contributed by atoms with E-state index in [0.717, 1.165) is 6.08 Å². The van der Waals surface area contributed by atoms with Gasteiger partial charge >= 0.3 is 41.5 Å². The van der Waals surface area contributed by atoms with Gasteiger partial charge in [-0.05, 0) is 0 Å². The Hall–Kier alpha value is -0.500. The molecule has 88 valence electrons. The summed E-state index contributed by atoms with van der Waals surface area (Å²) in [6.07, 6.45) is 2.59. The molecule has 3 unspecified atom stereocenters. The summed E-state index contributed by atoms with van der Waals surface area (Å²) < 4.78 is 0. The fraction of sp³-hybridized carbons (Fsp3) is 0.444. The molecule has 3 atom stereocenters. The number of fused-ring (bicyclic) bond motifs is 1. The number of nitrogens with zero attached hydrogens (tertiary/aromatic N) is 1. The quantitative estimate of drug-likeness (QED) is 0.391. The van der Waals surface area contributed by atoms with Crippen LogP contribution in [0.3, 0.4) is 0 Å². The molecule has 2 fully saturated rings. The molecule has 8 heteroatoms. The number of hydrogen-bond acceptors (Lipinski definition) is 4. The van der Waals surface area contributed by atoms with Crippen LogP contribution >= 0.6 is 11.8 Å². The second-order valence-electron chi connectivity index (χ2n) is 3.54. The van der Waals surface area contributed by atoms with Crippen LogP contribution in [-0.2, 0) is 14.4 Å². The van der Waals surface area contributed by atoms with Crippen molar-refractivity contribution < 1.29 is 24.6 Å². The standard InChI is InChI=1S/C9H9NO5S.Na.H/c11-5-3-6-10(5)8(9(14)15)4(16-6)1-2-7(12)13;;/h1-2,4,6,8H,3H2,(H,12,13)(H,14,15);;. The first kappa shape index (κ1) is 14.6. The van der Waals surface area contributed by atoms with E-state index in [4.69, 9.17) is 10.2 Å². The van der Waals surface area contributed by atoms with Crippen molar-refractivity contribution in [1.82, 2.24) is 4.90 Å². The second-order valence-corrected chi connectivity index (χ2v) is 4.90. The molecule has 0 radical (unpaired) electrons. The van der Waals surface area contributed by atoms with E-state index >= 15 is 0 Å². The molecule has 0 aromatic rings. The van der Waals surface area contributed by atoms with Crippen LogP contribution in [0.1, 0.15) is 6.42 Å². The average Bonchev–Trinajstić information content (AvgIpc) is 2.47. The maximum atomic E-state index is 11.2. The molecular formula is C9H10NNaO5S. The number of aliphatic carboxylic acids is 2. The molecule has 0 aromatic heterocycles. The van der Waals surface area contributed by atoms with E-state index in [1.54, 1.807) is 0 Å². The summed E-state index contributed by atoms with van der Waals surface area (Å²) in [5.74, 6) is -2.40. The normalized spacial score (nSPS) is 30.7. The molecule has 2 aliphatic rings. The number of hydrogen-bond donors (Lipinski definition) is 2. The Bertz CT molecular complexity index is 399. The molecule has 2 rings (SSSR count). The number of carboxylic acid groups (broad SMARTS) is 2. The van der Waals surface area contributed by atoms with Crippen molar-refractivity contribution in [1.29, 1.82) is 0 Å². The molecule has 2 aliphatic heterocycles. The van der Waals surface area contributed by atoms with E-state index in [0.29, 0.717) is 6.42 Å². The Labute approximate surface area is 123 Å². The molecular weight excluding hydrogens is 257 g/mol. The SMILES string of the molecule is O=C(O)C=CC1SC2CC(=O)N2C1C(=O)O.[NaH]. The molecule has 2 N–H and O–H groups in total. The Morgan fingerprint density at radius 2 is 2.06 bits per heavy atom. The average molecular weight is 267 g/mol. The van der Waals surface area contributed by atoms with Gasteiger partial charge in [-0.3, -0.25) is 4.79 Å². The number of β-lactam (4-membered cyclic amide) rings is 1. The predicted octanol–water partition coefficient (Wildman–Crippen LogP) is -0.894. The maximum absolute atomic E-state index is 11.2. The zero-order chi connectivity index (χ0) is 11.9. The monoisotopic (exact) mass is 267 g/mol. The van der Waals surface area contributed by atoms with Gasteiger partial charge in [0.1, 0.15) is 6.04 Å². The molecule has 0 spiro atoms. The summed E-state index contributed by atoms with van der Waals surface area (Å²) in [5, 5.41) is 16.9. The number of thioether (sulfide) groups is 1. The first-order valence-corrected chi connectivity index (χ1v) is 5.55. The fourth-order valence-electron chi connectivity index (χ4n) is 1.85. The van der Waals surface area contributed by atoms with Crippen LogP contribution in [0.4, 0.5) is 0 Å². The Balaban J connectivity index is 0.00000144. The van der Waals surface area contributed by atoms with Crippen molar-refractivity contribution in [2.75, 3.05) is 0 Å². The minimum absolute atomic E-state index is 0. The Kier molecular flexibility index (Phi) is 4.65. The molecule has 2 heterocycles. The van der Waals surface area contributed by atoms with Crippen LogP contribution in [0, 0.1) is 0 Å². The topological polar surface area (TPSA) is 94.9 Å². The molecule has 0 aliphatic carbocycles. The summed E-state index contributed by atoms with van der Waals surface area (Å²) in [6, 6.07) is -0.938. The third-order valence-electron chi connectivity index (χ3n) is 2.55. The van der Waals surface area contributed by atoms with Crippen molar-refractivity contribution in [2.24, 2.45) is 0 Å². The molecule has 1 amide bonds. The summed E-state index contributed by atoms with van der Waals surface area (Å²) in [6.45, 7) is 0. The van der Waals surface area contributed by atoms with Crippen LogP contribution in [0.15, 0.2) is 12.2 Å². The van der Waals surface area contributed by atoms with E-state index in [9.17, 15) is 14.4 Å². The third kappa shape index (κ3) is 2.67. The van der Waals surface area contributed by atoms with E-state index in [2.05, 4.69) is 0 Å². The van der Waals surface area contributed by atoms with Crippen molar-refractivity contribution in [3.8, 4) is 0 Å². The van der Waals surface area contributed by atoms with Gasteiger partial charge in [0.25, 0.3) is 0 Å². The van der Waals surface area contributed by atoms with Crippen molar-refractivity contribution in [3.05, 3.63) is 12.2 Å². The first-order chi connectivity index (χ1) is 7.50. The van der Waals surface area contributed by atoms with Crippen LogP contribution < -0.4 is 0 Å². The summed E-state index contributed by atoms with van der Waals surface area (Å²) in [4.78, 5) is 33.9. The van der Waals surface area contributed by atoms with Crippen LogP contribution in [0.2, 0.25) is 0 Å². The third-order valence-corrected chi connectivity index (χ3v) is 3.99. The number of carbonyl (C=O) groups excluding carboxylic acids is 1. The summed E-state index contributed by atoms with van der Waals surface area (Å²) in [5.41, 5.74) is 0. The molecule has 0 saturated carbocycles. The molecule has 6 nitrogen and oxygen atoms in total. The predicted molar refractivity (Wildman–Crippen MR) is 62.0 cm³/mol. The molecule has 0 bridgehead atoms. The van der Waals surface area contributed by atoms with E-state index in [1.807, 2.05) is 0 Å². The van der Waals surface area contributed by atoms with Gasteiger partial charge in [-0.1, -0.05) is 6.08 Å². The van der Waals surface area contributed by atoms with Crippen molar-refractivity contribution in [3.63, 3.8) is 0 Å². The van der Waals surface area contributed by atoms with Crippen LogP contribution in [0.5, 0.6) is 0 Å². The minimum atomic E-state index is -1.12. The van der Waals surface area contributed by atoms with Crippen molar-refractivity contribution in [2.45, 2.75) is 23.1 Å². The van der Waals surface area contributed by atoms with Gasteiger partial charge in [0.2, 0.25) is 5.91 Å². The molecule has 0 aromatic carbocycles. The van der Waals surface area contributed by atoms with Gasteiger partial charge in [0, 0.05) is 6.08 Å². The second kappa shape index (κ2) is 5.43. The number of rotatable bonds is 3. The van der Waals surface area contributed by atoms with E-state index in [-0.39, 0.29) is 40.8 Å². The van der Waals surface area contributed by atoms with Gasteiger partial charge in [-0.25, -0.2) is 9.59 Å². The number of carboxylic acids is 2. The van der Waals surface area contributed by atoms with Crippen molar-refractivity contribution >= 4 is 59.2 Å². The van der Waals surface area contributed by atoms with Gasteiger partial charge in [-0.2, -0.15) is 0 Å².